The van der Waals surface area contributed by atoms with E-state index in [0.29, 0.717) is 6.42 Å². The average Bonchev–Trinajstić information content (AvgIpc) is 3.15. The van der Waals surface area contributed by atoms with Gasteiger partial charge in [-0.25, -0.2) is 0 Å². The number of fused-ring (bicyclic) bond motifs is 1. The molecule has 2 heterocycles. The zero-order chi connectivity index (χ0) is 15.4. The minimum Gasteiger partial charge on any atom is -0.461 e. The van der Waals surface area contributed by atoms with Gasteiger partial charge in [0.2, 0.25) is 0 Å². The molecule has 1 aliphatic rings. The van der Waals surface area contributed by atoms with E-state index in [1.807, 2.05) is 31.4 Å². The minimum absolute atomic E-state index is 0.0293. The molecule has 1 atom stereocenters. The van der Waals surface area contributed by atoms with E-state index in [0.717, 1.165) is 43.6 Å². The quantitative estimate of drug-likeness (QED) is 0.705. The predicted molar refractivity (Wildman–Crippen MR) is 87.0 cm³/mol. The van der Waals surface area contributed by atoms with Gasteiger partial charge in [0.15, 0.2) is 0 Å². The number of ether oxygens (including phenoxy) is 1. The number of hydrogen-bond donors (Lipinski definition) is 3. The topological polar surface area (TPSA) is 66.2 Å². The van der Waals surface area contributed by atoms with Crippen LogP contribution in [0.2, 0.25) is 0 Å². The summed E-state index contributed by atoms with van der Waals surface area (Å²) in [4.78, 5) is 15.5. The fourth-order valence-electron chi connectivity index (χ4n) is 3.05. The Labute approximate surface area is 130 Å². The normalized spacial score (nSPS) is 18.0. The van der Waals surface area contributed by atoms with Crippen LogP contribution >= 0.6 is 0 Å². The molecular weight excluding hydrogens is 278 g/mol. The lowest BCUT2D eigenvalue weighted by Crippen LogP contribution is -2.22. The maximum Gasteiger partial charge on any atom is 0.310 e. The van der Waals surface area contributed by atoms with Crippen molar-refractivity contribution in [2.45, 2.75) is 25.4 Å². The maximum absolute atomic E-state index is 12.2. The second kappa shape index (κ2) is 6.94. The van der Waals surface area contributed by atoms with Crippen LogP contribution in [-0.2, 0) is 22.4 Å². The Morgan fingerprint density at radius 3 is 3.09 bits per heavy atom. The van der Waals surface area contributed by atoms with Gasteiger partial charge in [-0.3, -0.25) is 4.79 Å². The van der Waals surface area contributed by atoms with Gasteiger partial charge in [0.05, 0.1) is 6.42 Å². The monoisotopic (exact) mass is 301 g/mol. The molecule has 0 amide bonds. The lowest BCUT2D eigenvalue weighted by atomic mass is 10.0. The third-order valence-corrected chi connectivity index (χ3v) is 4.17. The SMILES string of the molecule is CNCCc1c[nH]c2cccc(CC(=O)OC3CCNC3)c12. The highest BCUT2D eigenvalue weighted by molar-refractivity contribution is 5.90. The van der Waals surface area contributed by atoms with Gasteiger partial charge < -0.3 is 20.4 Å². The second-order valence-electron chi connectivity index (χ2n) is 5.79. The summed E-state index contributed by atoms with van der Waals surface area (Å²) in [5, 5.41) is 7.54. The largest absolute Gasteiger partial charge is 0.461 e. The molecule has 1 saturated heterocycles. The number of nitrogens with one attached hydrogen (secondary N) is 3. The molecule has 1 aromatic heterocycles. The summed E-state index contributed by atoms with van der Waals surface area (Å²) in [6.07, 6.45) is 4.25. The van der Waals surface area contributed by atoms with Crippen LogP contribution in [0, 0.1) is 0 Å². The first kappa shape index (κ1) is 15.1. The Morgan fingerprint density at radius 1 is 1.41 bits per heavy atom. The molecule has 1 fully saturated rings. The summed E-state index contributed by atoms with van der Waals surface area (Å²) < 4.78 is 5.54. The van der Waals surface area contributed by atoms with E-state index >= 15 is 0 Å². The first-order chi connectivity index (χ1) is 10.8. The molecule has 0 aliphatic carbocycles. The summed E-state index contributed by atoms with van der Waals surface area (Å²) in [5.74, 6) is -0.137. The smallest absolute Gasteiger partial charge is 0.310 e. The molecule has 5 heteroatoms. The molecule has 2 aromatic rings. The maximum atomic E-state index is 12.2. The van der Waals surface area contributed by atoms with Gasteiger partial charge in [-0.2, -0.15) is 0 Å². The first-order valence-electron chi connectivity index (χ1n) is 7.90. The molecule has 0 bridgehead atoms. The van der Waals surface area contributed by atoms with E-state index in [4.69, 9.17) is 4.74 Å². The molecule has 22 heavy (non-hydrogen) atoms. The number of carbonyl (C=O) groups excluding carboxylic acids is 1. The highest BCUT2D eigenvalue weighted by Gasteiger charge is 2.20. The molecule has 0 saturated carbocycles. The highest BCUT2D eigenvalue weighted by Crippen LogP contribution is 2.24. The Kier molecular flexibility index (Phi) is 4.75. The van der Waals surface area contributed by atoms with Crippen LogP contribution in [0.25, 0.3) is 10.9 Å². The fourth-order valence-corrected chi connectivity index (χ4v) is 3.05. The molecule has 1 aliphatic heterocycles. The summed E-state index contributed by atoms with van der Waals surface area (Å²) in [7, 11) is 1.95. The van der Waals surface area contributed by atoms with Crippen LogP contribution in [0.15, 0.2) is 24.4 Å². The average molecular weight is 301 g/mol. The Bertz CT molecular complexity index is 644. The van der Waals surface area contributed by atoms with E-state index in [2.05, 4.69) is 15.6 Å². The number of H-pyrrole nitrogens is 1. The number of rotatable bonds is 6. The van der Waals surface area contributed by atoms with Crippen molar-refractivity contribution in [1.82, 2.24) is 15.6 Å². The number of esters is 1. The predicted octanol–water partition coefficient (Wildman–Crippen LogP) is 1.38. The van der Waals surface area contributed by atoms with Gasteiger partial charge >= 0.3 is 5.97 Å². The number of benzene rings is 1. The zero-order valence-electron chi connectivity index (χ0n) is 12.9. The molecular formula is C17H23N3O2. The molecule has 0 radical (unpaired) electrons. The Hall–Kier alpha value is -1.85. The molecule has 1 unspecified atom stereocenters. The van der Waals surface area contributed by atoms with Crippen molar-refractivity contribution in [3.05, 3.63) is 35.5 Å². The van der Waals surface area contributed by atoms with Crippen LogP contribution in [0.4, 0.5) is 0 Å². The zero-order valence-corrected chi connectivity index (χ0v) is 12.9. The summed E-state index contributed by atoms with van der Waals surface area (Å²) >= 11 is 0. The molecule has 3 N–H and O–H groups in total. The van der Waals surface area contributed by atoms with Crippen molar-refractivity contribution in [3.63, 3.8) is 0 Å². The van der Waals surface area contributed by atoms with Crippen LogP contribution in [-0.4, -0.2) is 43.7 Å². The fraction of sp³-hybridized carbons (Fsp3) is 0.471. The number of aromatic nitrogens is 1. The Morgan fingerprint density at radius 2 is 2.32 bits per heavy atom. The highest BCUT2D eigenvalue weighted by atomic mass is 16.5. The van der Waals surface area contributed by atoms with Gasteiger partial charge in [-0.1, -0.05) is 12.1 Å². The Balaban J connectivity index is 1.76. The van der Waals surface area contributed by atoms with Gasteiger partial charge in [-0.15, -0.1) is 0 Å². The van der Waals surface area contributed by atoms with E-state index in [9.17, 15) is 4.79 Å². The lowest BCUT2D eigenvalue weighted by molar-refractivity contribution is -0.147. The third kappa shape index (κ3) is 3.31. The van der Waals surface area contributed by atoms with Gasteiger partial charge in [0.1, 0.15) is 6.10 Å². The van der Waals surface area contributed by atoms with E-state index in [1.165, 1.54) is 10.9 Å². The third-order valence-electron chi connectivity index (χ3n) is 4.17. The van der Waals surface area contributed by atoms with Crippen molar-refractivity contribution in [2.75, 3.05) is 26.7 Å². The standard InChI is InChI=1S/C17H23N3O2/c1-18-7-5-13-10-20-15-4-2-3-12(17(13)15)9-16(21)22-14-6-8-19-11-14/h2-4,10,14,18-20H,5-9,11H2,1H3. The van der Waals surface area contributed by atoms with Crippen LogP contribution in [0.5, 0.6) is 0 Å². The van der Waals surface area contributed by atoms with Crippen molar-refractivity contribution in [2.24, 2.45) is 0 Å². The first-order valence-corrected chi connectivity index (χ1v) is 7.90. The minimum atomic E-state index is -0.137. The lowest BCUT2D eigenvalue weighted by Gasteiger charge is -2.11. The van der Waals surface area contributed by atoms with Crippen molar-refractivity contribution in [3.8, 4) is 0 Å². The molecule has 118 valence electrons. The number of likely N-dealkylation sites (N-methyl/N-ethyl adjacent to an activating group) is 1. The van der Waals surface area contributed by atoms with Crippen molar-refractivity contribution >= 4 is 16.9 Å². The molecule has 1 aromatic carbocycles. The van der Waals surface area contributed by atoms with E-state index in [1.54, 1.807) is 0 Å². The van der Waals surface area contributed by atoms with Gasteiger partial charge in [-0.05, 0) is 50.2 Å². The van der Waals surface area contributed by atoms with Crippen molar-refractivity contribution in [1.29, 1.82) is 0 Å². The summed E-state index contributed by atoms with van der Waals surface area (Å²) in [5.41, 5.74) is 3.37. The summed E-state index contributed by atoms with van der Waals surface area (Å²) in [6.45, 7) is 2.62. The number of hydrogen-bond acceptors (Lipinski definition) is 4. The van der Waals surface area contributed by atoms with Gasteiger partial charge in [0, 0.05) is 23.6 Å². The molecule has 3 rings (SSSR count). The van der Waals surface area contributed by atoms with Gasteiger partial charge in [0.25, 0.3) is 0 Å². The van der Waals surface area contributed by atoms with Crippen LogP contribution in [0.3, 0.4) is 0 Å². The molecule has 5 nitrogen and oxygen atoms in total. The van der Waals surface area contributed by atoms with Crippen LogP contribution in [0.1, 0.15) is 17.5 Å². The molecule has 0 spiro atoms. The number of aromatic amines is 1. The van der Waals surface area contributed by atoms with Crippen LogP contribution < -0.4 is 10.6 Å². The number of carbonyl (C=O) groups is 1. The van der Waals surface area contributed by atoms with E-state index < -0.39 is 0 Å². The van der Waals surface area contributed by atoms with Crippen molar-refractivity contribution < 1.29 is 9.53 Å². The van der Waals surface area contributed by atoms with E-state index in [-0.39, 0.29) is 12.1 Å². The second-order valence-corrected chi connectivity index (χ2v) is 5.79. The summed E-state index contributed by atoms with van der Waals surface area (Å²) in [6, 6.07) is 6.06.